The van der Waals surface area contributed by atoms with Gasteiger partial charge in [-0.1, -0.05) is 40.4 Å². The van der Waals surface area contributed by atoms with Gasteiger partial charge in [0.2, 0.25) is 5.95 Å². The number of tetrazole rings is 1. The average molecular weight is 430 g/mol. The lowest BCUT2D eigenvalue weighted by atomic mass is 9.89. The summed E-state index contributed by atoms with van der Waals surface area (Å²) in [7, 11) is 1.23. The van der Waals surface area contributed by atoms with E-state index in [4.69, 9.17) is 27.9 Å². The van der Waals surface area contributed by atoms with Crippen molar-refractivity contribution in [3.8, 4) is 0 Å². The average Bonchev–Trinajstić information content (AvgIpc) is 3.21. The fourth-order valence-electron chi connectivity index (χ4n) is 3.07. The van der Waals surface area contributed by atoms with Gasteiger partial charge in [0.15, 0.2) is 11.5 Å². The van der Waals surface area contributed by atoms with Crippen LogP contribution in [0.4, 0.5) is 5.95 Å². The Morgan fingerprint density at radius 2 is 1.66 bits per heavy atom. The lowest BCUT2D eigenvalue weighted by Crippen LogP contribution is -2.31. The maximum Gasteiger partial charge on any atom is 0.357 e. The van der Waals surface area contributed by atoms with Gasteiger partial charge in [0.25, 0.3) is 0 Å². The molecule has 2 aromatic carbocycles. The van der Waals surface area contributed by atoms with Crippen molar-refractivity contribution in [2.45, 2.75) is 6.04 Å². The molecule has 1 N–H and O–H groups in total. The predicted molar refractivity (Wildman–Crippen MR) is 107 cm³/mol. The highest BCUT2D eigenvalue weighted by atomic mass is 35.5. The summed E-state index contributed by atoms with van der Waals surface area (Å²) in [4.78, 5) is 26.1. The van der Waals surface area contributed by atoms with Gasteiger partial charge < -0.3 is 10.1 Å². The molecule has 0 radical (unpaired) electrons. The number of benzene rings is 2. The van der Waals surface area contributed by atoms with Crippen molar-refractivity contribution in [1.82, 2.24) is 20.2 Å². The molecule has 1 atom stereocenters. The van der Waals surface area contributed by atoms with E-state index < -0.39 is 17.8 Å². The number of esters is 1. The first-order valence-electron chi connectivity index (χ1n) is 8.43. The Morgan fingerprint density at radius 3 is 2.28 bits per heavy atom. The van der Waals surface area contributed by atoms with Crippen molar-refractivity contribution in [3.05, 3.63) is 75.3 Å². The summed E-state index contributed by atoms with van der Waals surface area (Å²) in [5.74, 6) is -0.926. The van der Waals surface area contributed by atoms with Crippen molar-refractivity contribution in [3.63, 3.8) is 0 Å². The molecule has 10 heteroatoms. The minimum absolute atomic E-state index is 0.0637. The molecule has 146 valence electrons. The highest BCUT2D eigenvalue weighted by Crippen LogP contribution is 2.37. The molecule has 1 aliphatic heterocycles. The van der Waals surface area contributed by atoms with Crippen molar-refractivity contribution in [2.24, 2.45) is 0 Å². The van der Waals surface area contributed by atoms with Gasteiger partial charge in [-0.05, 0) is 52.4 Å². The molecule has 2 heterocycles. The van der Waals surface area contributed by atoms with Gasteiger partial charge in [-0.2, -0.15) is 4.68 Å². The minimum Gasteiger partial charge on any atom is -0.464 e. The summed E-state index contributed by atoms with van der Waals surface area (Å²) in [5, 5.41) is 15.5. The number of carbonyl (C=O) groups is 2. The molecule has 4 rings (SSSR count). The van der Waals surface area contributed by atoms with E-state index in [0.29, 0.717) is 21.2 Å². The zero-order chi connectivity index (χ0) is 20.5. The fraction of sp³-hybridized carbons (Fsp3) is 0.105. The number of ketones is 1. The third-order valence-corrected chi connectivity index (χ3v) is 4.94. The fourth-order valence-corrected chi connectivity index (χ4v) is 3.33. The van der Waals surface area contributed by atoms with E-state index in [2.05, 4.69) is 20.8 Å². The van der Waals surface area contributed by atoms with Gasteiger partial charge in [0, 0.05) is 15.6 Å². The van der Waals surface area contributed by atoms with E-state index in [0.717, 1.165) is 4.68 Å². The SMILES string of the molecule is COC(=O)C1=C(C(=O)c2ccc(Cl)cc2)C(c2ccc(Cl)cc2)Nc2nnnn21. The summed E-state index contributed by atoms with van der Waals surface area (Å²) in [6, 6.07) is 12.6. The number of halogens is 2. The van der Waals surface area contributed by atoms with Crippen molar-refractivity contribution in [2.75, 3.05) is 12.4 Å². The van der Waals surface area contributed by atoms with Crippen LogP contribution in [0.2, 0.25) is 10.0 Å². The lowest BCUT2D eigenvalue weighted by Gasteiger charge is -2.28. The van der Waals surface area contributed by atoms with E-state index in [1.54, 1.807) is 48.5 Å². The first kappa shape index (κ1) is 19.1. The van der Waals surface area contributed by atoms with Crippen LogP contribution >= 0.6 is 23.2 Å². The summed E-state index contributed by atoms with van der Waals surface area (Å²) >= 11 is 11.9. The molecule has 8 nitrogen and oxygen atoms in total. The van der Waals surface area contributed by atoms with E-state index in [9.17, 15) is 9.59 Å². The molecule has 0 fully saturated rings. The van der Waals surface area contributed by atoms with Crippen molar-refractivity contribution >= 4 is 46.6 Å². The standard InChI is InChI=1S/C19H13Cl2N5O3/c1-29-18(28)16-14(17(27)11-4-8-13(21)9-5-11)15(10-2-6-12(20)7-3-10)22-19-23-24-25-26(16)19/h2-9,15H,1H3,(H,22,23,25). The van der Waals surface area contributed by atoms with Crippen molar-refractivity contribution in [1.29, 1.82) is 0 Å². The summed E-state index contributed by atoms with van der Waals surface area (Å²) < 4.78 is 6.07. The van der Waals surface area contributed by atoms with Gasteiger partial charge in [-0.15, -0.1) is 0 Å². The Labute approximate surface area is 175 Å². The van der Waals surface area contributed by atoms with Crippen LogP contribution in [-0.2, 0) is 9.53 Å². The largest absolute Gasteiger partial charge is 0.464 e. The molecule has 0 spiro atoms. The number of fused-ring (bicyclic) bond motifs is 1. The van der Waals surface area contributed by atoms with Crippen LogP contribution in [0.1, 0.15) is 22.0 Å². The monoisotopic (exact) mass is 429 g/mol. The Kier molecular flexibility index (Phi) is 5.04. The quantitative estimate of drug-likeness (QED) is 0.500. The second-order valence-electron chi connectivity index (χ2n) is 6.13. The number of ether oxygens (including phenoxy) is 1. The van der Waals surface area contributed by atoms with Gasteiger partial charge in [-0.3, -0.25) is 4.79 Å². The summed E-state index contributed by atoms with van der Waals surface area (Å²) in [6.45, 7) is 0. The zero-order valence-corrected chi connectivity index (χ0v) is 16.5. The number of aromatic nitrogens is 4. The molecule has 3 aromatic rings. The maximum atomic E-state index is 13.5. The Hall–Kier alpha value is -3.23. The molecule has 0 saturated heterocycles. The number of nitrogens with zero attached hydrogens (tertiary/aromatic N) is 4. The molecule has 29 heavy (non-hydrogen) atoms. The Balaban J connectivity index is 1.95. The predicted octanol–water partition coefficient (Wildman–Crippen LogP) is 3.41. The van der Waals surface area contributed by atoms with Gasteiger partial charge in [0.05, 0.1) is 18.7 Å². The molecule has 0 amide bonds. The van der Waals surface area contributed by atoms with Gasteiger partial charge in [0.1, 0.15) is 0 Å². The van der Waals surface area contributed by atoms with Crippen LogP contribution in [0, 0.1) is 0 Å². The number of hydrogen-bond donors (Lipinski definition) is 1. The topological polar surface area (TPSA) is 99.0 Å². The summed E-state index contributed by atoms with van der Waals surface area (Å²) in [5.41, 5.74) is 1.12. The van der Waals surface area contributed by atoms with Gasteiger partial charge in [-0.25, -0.2) is 4.79 Å². The van der Waals surface area contributed by atoms with Crippen LogP contribution < -0.4 is 5.32 Å². The van der Waals surface area contributed by atoms with E-state index in [-0.39, 0.29) is 17.2 Å². The summed E-state index contributed by atoms with van der Waals surface area (Å²) in [6.07, 6.45) is 0. The molecule has 0 saturated carbocycles. The first-order valence-corrected chi connectivity index (χ1v) is 9.18. The Bertz CT molecular complexity index is 1120. The third kappa shape index (κ3) is 3.48. The molecular formula is C19H13Cl2N5O3. The van der Waals surface area contributed by atoms with Gasteiger partial charge >= 0.3 is 5.97 Å². The van der Waals surface area contributed by atoms with Crippen LogP contribution in [0.5, 0.6) is 0 Å². The second-order valence-corrected chi connectivity index (χ2v) is 7.01. The zero-order valence-electron chi connectivity index (χ0n) is 15.0. The smallest absolute Gasteiger partial charge is 0.357 e. The molecule has 0 aliphatic carbocycles. The highest BCUT2D eigenvalue weighted by Gasteiger charge is 2.38. The maximum absolute atomic E-state index is 13.5. The number of nitrogens with one attached hydrogen (secondary N) is 1. The normalized spacial score (nSPS) is 15.5. The minimum atomic E-state index is -0.740. The van der Waals surface area contributed by atoms with Crippen LogP contribution in [0.25, 0.3) is 5.70 Å². The number of carbonyl (C=O) groups excluding carboxylic acids is 2. The molecule has 1 aromatic heterocycles. The second kappa shape index (κ2) is 7.65. The van der Waals surface area contributed by atoms with Crippen LogP contribution in [0.3, 0.4) is 0 Å². The van der Waals surface area contributed by atoms with E-state index in [1.165, 1.54) is 7.11 Å². The number of rotatable bonds is 4. The highest BCUT2D eigenvalue weighted by molar-refractivity contribution is 6.31. The number of hydrogen-bond acceptors (Lipinski definition) is 7. The lowest BCUT2D eigenvalue weighted by molar-refractivity contribution is -0.134. The molecule has 1 unspecified atom stereocenters. The molecule has 0 bridgehead atoms. The molecule has 1 aliphatic rings. The van der Waals surface area contributed by atoms with Crippen LogP contribution in [-0.4, -0.2) is 39.1 Å². The van der Waals surface area contributed by atoms with Crippen LogP contribution in [0.15, 0.2) is 54.1 Å². The van der Waals surface area contributed by atoms with Crippen molar-refractivity contribution < 1.29 is 14.3 Å². The first-order chi connectivity index (χ1) is 14.0. The van der Waals surface area contributed by atoms with E-state index >= 15 is 0 Å². The molecular weight excluding hydrogens is 417 g/mol. The van der Waals surface area contributed by atoms with E-state index in [1.807, 2.05) is 0 Å². The number of anilines is 1. The number of Topliss-reactive ketones (excluding diaryl/α,β-unsaturated/α-hetero) is 1. The number of methoxy groups -OCH3 is 1. The third-order valence-electron chi connectivity index (χ3n) is 4.43. The Morgan fingerprint density at radius 1 is 1.03 bits per heavy atom.